The average molecular weight is 312 g/mol. The number of ether oxygens (including phenoxy) is 1. The van der Waals surface area contributed by atoms with Crippen molar-refractivity contribution in [3.8, 4) is 5.75 Å². The molecule has 0 aliphatic carbocycles. The molecule has 1 aliphatic rings. The van der Waals surface area contributed by atoms with Gasteiger partial charge in [0.05, 0.1) is 11.8 Å². The molecule has 0 bridgehead atoms. The van der Waals surface area contributed by atoms with E-state index < -0.39 is 15.1 Å². The Bertz CT molecular complexity index is 574. The second-order valence-corrected chi connectivity index (χ2v) is 7.41. The maximum Gasteiger partial charge on any atom is 0.317 e. The average Bonchev–Trinajstić information content (AvgIpc) is 2.94. The number of nitrogens with zero attached hydrogens (tertiary/aromatic N) is 1. The summed E-state index contributed by atoms with van der Waals surface area (Å²) in [5.74, 6) is 0.755. The smallest absolute Gasteiger partial charge is 0.317 e. The number of hydrogen-bond donors (Lipinski definition) is 1. The fourth-order valence-corrected chi connectivity index (χ4v) is 3.20. The van der Waals surface area contributed by atoms with Gasteiger partial charge in [-0.2, -0.15) is 0 Å². The van der Waals surface area contributed by atoms with Gasteiger partial charge in [0, 0.05) is 19.3 Å². The lowest BCUT2D eigenvalue weighted by atomic mass is 10.3. The Labute approximate surface area is 125 Å². The molecule has 2 rings (SSSR count). The zero-order chi connectivity index (χ0) is 15.3. The SMILES string of the molecule is CS(=O)(=O)C1CCN(C(=O)NCCOc2ccccc2)C1. The van der Waals surface area contributed by atoms with Crippen molar-refractivity contribution in [1.82, 2.24) is 10.2 Å². The van der Waals surface area contributed by atoms with E-state index in [2.05, 4.69) is 5.32 Å². The van der Waals surface area contributed by atoms with Crippen molar-refractivity contribution in [2.45, 2.75) is 11.7 Å². The van der Waals surface area contributed by atoms with Crippen LogP contribution in [0.15, 0.2) is 30.3 Å². The highest BCUT2D eigenvalue weighted by Crippen LogP contribution is 2.16. The Balaban J connectivity index is 1.69. The van der Waals surface area contributed by atoms with E-state index in [0.29, 0.717) is 26.1 Å². The van der Waals surface area contributed by atoms with Crippen LogP contribution in [0.1, 0.15) is 6.42 Å². The number of benzene rings is 1. The first kappa shape index (κ1) is 15.6. The fourth-order valence-electron chi connectivity index (χ4n) is 2.22. The Morgan fingerprint density at radius 3 is 2.71 bits per heavy atom. The molecule has 1 aromatic rings. The summed E-state index contributed by atoms with van der Waals surface area (Å²) < 4.78 is 28.3. The molecule has 0 aromatic heterocycles. The molecule has 1 aromatic carbocycles. The molecule has 1 atom stereocenters. The summed E-state index contributed by atoms with van der Waals surface area (Å²) >= 11 is 0. The van der Waals surface area contributed by atoms with Gasteiger partial charge in [-0.05, 0) is 18.6 Å². The van der Waals surface area contributed by atoms with Crippen LogP contribution >= 0.6 is 0 Å². The highest BCUT2D eigenvalue weighted by atomic mass is 32.2. The van der Waals surface area contributed by atoms with E-state index in [1.54, 1.807) is 0 Å². The highest BCUT2D eigenvalue weighted by Gasteiger charge is 2.32. The molecular weight excluding hydrogens is 292 g/mol. The van der Waals surface area contributed by atoms with Crippen LogP contribution in [-0.4, -0.2) is 57.1 Å². The Morgan fingerprint density at radius 2 is 2.10 bits per heavy atom. The number of para-hydroxylation sites is 1. The second-order valence-electron chi connectivity index (χ2n) is 5.08. The minimum absolute atomic E-state index is 0.238. The number of nitrogens with one attached hydrogen (secondary N) is 1. The summed E-state index contributed by atoms with van der Waals surface area (Å²) in [6, 6.07) is 9.11. The van der Waals surface area contributed by atoms with E-state index >= 15 is 0 Å². The molecule has 6 nitrogen and oxygen atoms in total. The van der Waals surface area contributed by atoms with Gasteiger partial charge in [-0.15, -0.1) is 0 Å². The molecular formula is C14H20N2O4S. The molecule has 1 N–H and O–H groups in total. The lowest BCUT2D eigenvalue weighted by Gasteiger charge is -2.17. The van der Waals surface area contributed by atoms with Gasteiger partial charge in [-0.25, -0.2) is 13.2 Å². The molecule has 21 heavy (non-hydrogen) atoms. The van der Waals surface area contributed by atoms with Gasteiger partial charge in [-0.1, -0.05) is 18.2 Å². The summed E-state index contributed by atoms with van der Waals surface area (Å²) in [5.41, 5.74) is 0. The van der Waals surface area contributed by atoms with Crippen molar-refractivity contribution >= 4 is 15.9 Å². The minimum atomic E-state index is -3.08. The lowest BCUT2D eigenvalue weighted by Crippen LogP contribution is -2.41. The van der Waals surface area contributed by atoms with E-state index in [9.17, 15) is 13.2 Å². The molecule has 7 heteroatoms. The third-order valence-electron chi connectivity index (χ3n) is 3.43. The predicted octanol–water partition coefficient (Wildman–Crippen LogP) is 0.894. The monoisotopic (exact) mass is 312 g/mol. The predicted molar refractivity (Wildman–Crippen MR) is 80.2 cm³/mol. The Kier molecular flexibility index (Phi) is 5.06. The Hall–Kier alpha value is -1.76. The van der Waals surface area contributed by atoms with Gasteiger partial charge in [0.1, 0.15) is 12.4 Å². The molecule has 0 radical (unpaired) electrons. The second kappa shape index (κ2) is 6.80. The maximum atomic E-state index is 11.9. The van der Waals surface area contributed by atoms with Gasteiger partial charge in [0.15, 0.2) is 9.84 Å². The van der Waals surface area contributed by atoms with Gasteiger partial charge in [-0.3, -0.25) is 0 Å². The molecule has 116 valence electrons. The van der Waals surface area contributed by atoms with E-state index in [1.165, 1.54) is 11.2 Å². The molecule has 1 aliphatic heterocycles. The summed E-state index contributed by atoms with van der Waals surface area (Å²) in [6.07, 6.45) is 1.72. The van der Waals surface area contributed by atoms with Gasteiger partial charge < -0.3 is 15.0 Å². The zero-order valence-corrected chi connectivity index (χ0v) is 12.8. The number of hydrogen-bond acceptors (Lipinski definition) is 4. The number of carbonyl (C=O) groups excluding carboxylic acids is 1. The number of carbonyl (C=O) groups is 1. The van der Waals surface area contributed by atoms with Crippen LogP contribution in [0.5, 0.6) is 5.75 Å². The van der Waals surface area contributed by atoms with Gasteiger partial charge >= 0.3 is 6.03 Å². The molecule has 2 amide bonds. The van der Waals surface area contributed by atoms with Crippen molar-refractivity contribution in [3.05, 3.63) is 30.3 Å². The summed E-state index contributed by atoms with van der Waals surface area (Å²) in [4.78, 5) is 13.4. The number of urea groups is 1. The third kappa shape index (κ3) is 4.63. The molecule has 0 saturated carbocycles. The van der Waals surface area contributed by atoms with E-state index in [1.807, 2.05) is 30.3 Å². The van der Waals surface area contributed by atoms with Crippen molar-refractivity contribution < 1.29 is 17.9 Å². The highest BCUT2D eigenvalue weighted by molar-refractivity contribution is 7.91. The van der Waals surface area contributed by atoms with Crippen LogP contribution in [0.3, 0.4) is 0 Å². The maximum absolute atomic E-state index is 11.9. The minimum Gasteiger partial charge on any atom is -0.492 e. The van der Waals surface area contributed by atoms with Crippen LogP contribution in [0.4, 0.5) is 4.79 Å². The summed E-state index contributed by atoms with van der Waals surface area (Å²) in [5, 5.41) is 2.29. The first-order valence-electron chi connectivity index (χ1n) is 6.86. The summed E-state index contributed by atoms with van der Waals surface area (Å²) in [7, 11) is -3.08. The van der Waals surface area contributed by atoms with Crippen LogP contribution in [0.25, 0.3) is 0 Å². The molecule has 0 spiro atoms. The number of sulfone groups is 1. The number of likely N-dealkylation sites (tertiary alicyclic amines) is 1. The number of amides is 2. The fraction of sp³-hybridized carbons (Fsp3) is 0.500. The van der Waals surface area contributed by atoms with E-state index in [4.69, 9.17) is 4.74 Å². The van der Waals surface area contributed by atoms with E-state index in [-0.39, 0.29) is 12.6 Å². The van der Waals surface area contributed by atoms with Crippen molar-refractivity contribution in [1.29, 1.82) is 0 Å². The topological polar surface area (TPSA) is 75.7 Å². The molecule has 1 saturated heterocycles. The number of rotatable bonds is 5. The molecule has 1 heterocycles. The van der Waals surface area contributed by atoms with Crippen molar-refractivity contribution in [3.63, 3.8) is 0 Å². The van der Waals surface area contributed by atoms with Crippen LogP contribution < -0.4 is 10.1 Å². The van der Waals surface area contributed by atoms with Crippen molar-refractivity contribution in [2.75, 3.05) is 32.5 Å². The molecule has 1 unspecified atom stereocenters. The van der Waals surface area contributed by atoms with Crippen molar-refractivity contribution in [2.24, 2.45) is 0 Å². The first-order chi connectivity index (χ1) is 9.97. The largest absolute Gasteiger partial charge is 0.492 e. The Morgan fingerprint density at radius 1 is 1.38 bits per heavy atom. The first-order valence-corrected chi connectivity index (χ1v) is 8.82. The van der Waals surface area contributed by atoms with Crippen LogP contribution in [0, 0.1) is 0 Å². The standard InChI is InChI=1S/C14H20N2O4S/c1-21(18,19)13-7-9-16(11-13)14(17)15-8-10-20-12-5-3-2-4-6-12/h2-6,13H,7-11H2,1H3,(H,15,17). The lowest BCUT2D eigenvalue weighted by molar-refractivity contribution is 0.205. The third-order valence-corrected chi connectivity index (χ3v) is 5.02. The zero-order valence-electron chi connectivity index (χ0n) is 12.0. The quantitative estimate of drug-likeness (QED) is 0.820. The van der Waals surface area contributed by atoms with Gasteiger partial charge in [0.2, 0.25) is 0 Å². The van der Waals surface area contributed by atoms with Gasteiger partial charge in [0.25, 0.3) is 0 Å². The van der Waals surface area contributed by atoms with Crippen LogP contribution in [-0.2, 0) is 9.84 Å². The normalized spacial score (nSPS) is 18.5. The van der Waals surface area contributed by atoms with Crippen LogP contribution in [0.2, 0.25) is 0 Å². The molecule has 1 fully saturated rings. The summed E-state index contributed by atoms with van der Waals surface area (Å²) in [6.45, 7) is 1.50. The van der Waals surface area contributed by atoms with E-state index in [0.717, 1.165) is 5.75 Å².